The quantitative estimate of drug-likeness (QED) is 0.287. The monoisotopic (exact) mass is 799 g/mol. The number of piperazine rings is 2. The number of rotatable bonds is 6. The van der Waals surface area contributed by atoms with E-state index in [1.165, 1.54) is 76.9 Å². The largest absolute Gasteiger partial charge is 0.471 e. The van der Waals surface area contributed by atoms with Gasteiger partial charge in [0.1, 0.15) is 25.2 Å². The van der Waals surface area contributed by atoms with Gasteiger partial charge in [0, 0.05) is 54.4 Å². The maximum Gasteiger partial charge on any atom is 0.471 e. The van der Waals surface area contributed by atoms with Crippen LogP contribution in [0.5, 0.6) is 0 Å². The summed E-state index contributed by atoms with van der Waals surface area (Å²) in [4.78, 5) is 56.9. The first kappa shape index (κ1) is 39.8. The van der Waals surface area contributed by atoms with Gasteiger partial charge in [-0.05, 0) is 54.6 Å². The molecule has 2 saturated heterocycles. The smallest absolute Gasteiger partial charge is 0.324 e. The van der Waals surface area contributed by atoms with Gasteiger partial charge >= 0.3 is 24.2 Å². The van der Waals surface area contributed by atoms with Gasteiger partial charge in [0.25, 0.3) is 19.1 Å². The first-order valence-corrected chi connectivity index (χ1v) is 18.1. The number of amides is 4. The molecule has 0 unspecified atom stereocenters. The van der Waals surface area contributed by atoms with Crippen molar-refractivity contribution in [2.24, 2.45) is 0 Å². The second-order valence-electron chi connectivity index (χ2n) is 10.7. The van der Waals surface area contributed by atoms with Gasteiger partial charge < -0.3 is 19.6 Å². The third-order valence-corrected chi connectivity index (χ3v) is 9.95. The molecular formula is C28H24ClF6N7O8S2. The third-order valence-electron chi connectivity index (χ3n) is 7.21. The SMILES string of the molecule is O=C1CN(C(=O)C(F)(F)F)CCN1c1ccc(S(=O)(=O)Cl)cc1.O=C1CN(C(=O)C(F)(F)F)CCN1c1ccc(S(=O)(=O)Nc2ccncn2)cc1. The summed E-state index contributed by atoms with van der Waals surface area (Å²) in [6.07, 6.45) is -7.54. The zero-order valence-electron chi connectivity index (χ0n) is 26.0. The highest BCUT2D eigenvalue weighted by Crippen LogP contribution is 2.26. The van der Waals surface area contributed by atoms with Gasteiger partial charge in [0.15, 0.2) is 0 Å². The molecule has 0 spiro atoms. The molecule has 0 aliphatic carbocycles. The number of carbonyl (C=O) groups is 4. The van der Waals surface area contributed by atoms with Crippen LogP contribution in [0.15, 0.2) is 76.9 Å². The summed E-state index contributed by atoms with van der Waals surface area (Å²) in [5, 5.41) is 0. The molecule has 0 bridgehead atoms. The first-order valence-electron chi connectivity index (χ1n) is 14.3. The Balaban J connectivity index is 0.000000239. The molecule has 0 atom stereocenters. The number of aromatic nitrogens is 2. The predicted molar refractivity (Wildman–Crippen MR) is 169 cm³/mol. The molecule has 2 aliphatic heterocycles. The number of nitrogens with zero attached hydrogens (tertiary/aromatic N) is 6. The van der Waals surface area contributed by atoms with Crippen molar-refractivity contribution in [3.63, 3.8) is 0 Å². The lowest BCUT2D eigenvalue weighted by Crippen LogP contribution is -2.55. The van der Waals surface area contributed by atoms with Gasteiger partial charge in [-0.3, -0.25) is 23.9 Å². The number of nitrogens with one attached hydrogen (secondary N) is 1. The van der Waals surface area contributed by atoms with Crippen LogP contribution in [-0.4, -0.2) is 112 Å². The Morgan fingerprint density at radius 2 is 1.10 bits per heavy atom. The summed E-state index contributed by atoms with van der Waals surface area (Å²) in [5.41, 5.74) is 0.605. The van der Waals surface area contributed by atoms with Crippen molar-refractivity contribution in [1.82, 2.24) is 19.8 Å². The lowest BCUT2D eigenvalue weighted by molar-refractivity contribution is -0.186. The Morgan fingerprint density at radius 1 is 0.673 bits per heavy atom. The Bertz CT molecular complexity index is 2040. The van der Waals surface area contributed by atoms with Crippen molar-refractivity contribution in [3.05, 3.63) is 67.1 Å². The Labute approximate surface area is 295 Å². The van der Waals surface area contributed by atoms with E-state index in [1.54, 1.807) is 0 Å². The molecule has 2 aliphatic rings. The molecule has 0 radical (unpaired) electrons. The van der Waals surface area contributed by atoms with E-state index in [-0.39, 0.29) is 41.8 Å². The van der Waals surface area contributed by atoms with E-state index in [2.05, 4.69) is 14.7 Å². The average Bonchev–Trinajstić information content (AvgIpc) is 3.07. The molecule has 280 valence electrons. The van der Waals surface area contributed by atoms with Gasteiger partial charge in [-0.15, -0.1) is 0 Å². The van der Waals surface area contributed by atoms with Gasteiger partial charge in [0.05, 0.1) is 9.79 Å². The number of benzene rings is 2. The second-order valence-corrected chi connectivity index (χ2v) is 14.9. The maximum atomic E-state index is 12.5. The normalized spacial score (nSPS) is 15.9. The van der Waals surface area contributed by atoms with Crippen molar-refractivity contribution in [1.29, 1.82) is 0 Å². The molecule has 4 amide bonds. The van der Waals surface area contributed by atoms with Crippen molar-refractivity contribution >= 4 is 70.6 Å². The fourth-order valence-electron chi connectivity index (χ4n) is 4.74. The number of sulfonamides is 1. The lowest BCUT2D eigenvalue weighted by atomic mass is 10.2. The van der Waals surface area contributed by atoms with Crippen molar-refractivity contribution < 1.29 is 62.4 Å². The predicted octanol–water partition coefficient (Wildman–Crippen LogP) is 2.37. The molecule has 15 nitrogen and oxygen atoms in total. The average molecular weight is 800 g/mol. The van der Waals surface area contributed by atoms with Crippen LogP contribution in [-0.2, 0) is 38.3 Å². The zero-order valence-corrected chi connectivity index (χ0v) is 28.4. The summed E-state index contributed by atoms with van der Waals surface area (Å²) in [6.45, 7) is -2.26. The van der Waals surface area contributed by atoms with Crippen LogP contribution < -0.4 is 14.5 Å². The van der Waals surface area contributed by atoms with E-state index < -0.39 is 68.1 Å². The Kier molecular flexibility index (Phi) is 11.7. The van der Waals surface area contributed by atoms with Crippen LogP contribution in [0.2, 0.25) is 0 Å². The molecule has 1 N–H and O–H groups in total. The second kappa shape index (κ2) is 15.3. The Hall–Kier alpha value is -5.03. The highest BCUT2D eigenvalue weighted by molar-refractivity contribution is 8.13. The van der Waals surface area contributed by atoms with Gasteiger partial charge in [-0.2, -0.15) is 26.3 Å². The molecule has 52 heavy (non-hydrogen) atoms. The van der Waals surface area contributed by atoms with Crippen LogP contribution in [0.3, 0.4) is 0 Å². The fraction of sp³-hybridized carbons (Fsp3) is 0.286. The number of hydrogen-bond donors (Lipinski definition) is 1. The van der Waals surface area contributed by atoms with Crippen LogP contribution >= 0.6 is 10.7 Å². The summed E-state index contributed by atoms with van der Waals surface area (Å²) in [7, 11) is -2.68. The minimum absolute atomic E-state index is 0.0738. The highest BCUT2D eigenvalue weighted by atomic mass is 35.7. The highest BCUT2D eigenvalue weighted by Gasteiger charge is 2.45. The van der Waals surface area contributed by atoms with Gasteiger partial charge in [0.2, 0.25) is 11.8 Å². The molecule has 5 rings (SSSR count). The minimum atomic E-state index is -5.05. The van der Waals surface area contributed by atoms with Crippen LogP contribution in [0.25, 0.3) is 0 Å². The Morgan fingerprint density at radius 3 is 1.44 bits per heavy atom. The minimum Gasteiger partial charge on any atom is -0.324 e. The molecule has 3 heterocycles. The summed E-state index contributed by atoms with van der Waals surface area (Å²) in [6, 6.07) is 11.6. The summed E-state index contributed by atoms with van der Waals surface area (Å²) in [5.74, 6) is -5.46. The number of halogens is 7. The molecular weight excluding hydrogens is 776 g/mol. The number of anilines is 3. The van der Waals surface area contributed by atoms with E-state index in [9.17, 15) is 62.4 Å². The molecule has 24 heteroatoms. The number of carbonyl (C=O) groups excluding carboxylic acids is 4. The summed E-state index contributed by atoms with van der Waals surface area (Å²) < 4.78 is 124. The first-order chi connectivity index (χ1) is 24.1. The van der Waals surface area contributed by atoms with E-state index in [4.69, 9.17) is 10.7 Å². The molecule has 0 saturated carbocycles. The molecule has 1 aromatic heterocycles. The van der Waals surface area contributed by atoms with Crippen molar-refractivity contribution in [3.8, 4) is 0 Å². The topological polar surface area (TPSA) is 187 Å². The molecule has 2 fully saturated rings. The van der Waals surface area contributed by atoms with E-state index in [0.717, 1.165) is 0 Å². The zero-order chi connectivity index (χ0) is 38.6. The van der Waals surface area contributed by atoms with E-state index >= 15 is 0 Å². The van der Waals surface area contributed by atoms with Gasteiger partial charge in [-0.25, -0.2) is 26.8 Å². The number of alkyl halides is 6. The molecule has 3 aromatic rings. The summed E-state index contributed by atoms with van der Waals surface area (Å²) >= 11 is 0. The third kappa shape index (κ3) is 9.85. The van der Waals surface area contributed by atoms with Crippen LogP contribution in [0.4, 0.5) is 43.5 Å². The van der Waals surface area contributed by atoms with Crippen LogP contribution in [0.1, 0.15) is 0 Å². The van der Waals surface area contributed by atoms with E-state index in [0.29, 0.717) is 21.2 Å². The fourth-order valence-corrected chi connectivity index (χ4v) is 6.52. The van der Waals surface area contributed by atoms with Gasteiger partial charge in [-0.1, -0.05) is 0 Å². The standard InChI is InChI=1S/C16H14F3N5O4S.C12H10ClF3N2O4S/c17-16(18,19)15(26)23-7-8-24(14(25)9-23)11-1-3-12(4-2-11)29(27,28)22-13-5-6-20-10-21-13;13-23(21,22)9-3-1-8(2-4-9)18-6-5-17(7-10(18)19)11(20)12(14,15)16/h1-6,10H,7-9H2,(H,20,21,22);1-4H,5-7H2. The maximum absolute atomic E-state index is 12.5. The lowest BCUT2D eigenvalue weighted by Gasteiger charge is -2.34. The van der Waals surface area contributed by atoms with Crippen molar-refractivity contribution in [2.45, 2.75) is 22.1 Å². The van der Waals surface area contributed by atoms with Crippen LogP contribution in [0, 0.1) is 0 Å². The molecule has 2 aromatic carbocycles. The van der Waals surface area contributed by atoms with Crippen molar-refractivity contribution in [2.75, 3.05) is 53.8 Å². The number of hydrogen-bond acceptors (Lipinski definition) is 10. The van der Waals surface area contributed by atoms with E-state index in [1.807, 2.05) is 0 Å².